The third-order valence-corrected chi connectivity index (χ3v) is 3.43. The maximum atomic E-state index is 11.8. The van der Waals surface area contributed by atoms with Gasteiger partial charge in [-0.05, 0) is 49.8 Å². The molecule has 0 saturated carbocycles. The maximum Gasteiger partial charge on any atom is 0.335 e. The van der Waals surface area contributed by atoms with E-state index in [0.29, 0.717) is 18.8 Å². The SMILES string of the molecule is CC(C)CCC(C)NC(=O)CCc1ccc(C(=O)O)cc1. The van der Waals surface area contributed by atoms with Gasteiger partial charge in [0.05, 0.1) is 5.56 Å². The van der Waals surface area contributed by atoms with Gasteiger partial charge >= 0.3 is 5.97 Å². The Balaban J connectivity index is 2.34. The number of nitrogens with one attached hydrogen (secondary N) is 1. The van der Waals surface area contributed by atoms with E-state index in [4.69, 9.17) is 5.11 Å². The number of carbonyl (C=O) groups is 2. The summed E-state index contributed by atoms with van der Waals surface area (Å²) in [5.74, 6) is -0.232. The first-order valence-electron chi connectivity index (χ1n) is 7.50. The topological polar surface area (TPSA) is 66.4 Å². The van der Waals surface area contributed by atoms with Gasteiger partial charge in [0.2, 0.25) is 5.91 Å². The predicted octanol–water partition coefficient (Wildman–Crippen LogP) is 3.26. The number of aromatic carboxylic acids is 1. The normalized spacial score (nSPS) is 12.2. The Morgan fingerprint density at radius 3 is 2.24 bits per heavy atom. The minimum absolute atomic E-state index is 0.0496. The molecular weight excluding hydrogens is 266 g/mol. The Morgan fingerprint density at radius 1 is 1.10 bits per heavy atom. The molecule has 1 aromatic rings. The fourth-order valence-electron chi connectivity index (χ4n) is 2.07. The number of carbonyl (C=O) groups excluding carboxylic acids is 1. The van der Waals surface area contributed by atoms with Gasteiger partial charge in [-0.1, -0.05) is 26.0 Å². The maximum absolute atomic E-state index is 11.8. The Kier molecular flexibility index (Phi) is 6.92. The lowest BCUT2D eigenvalue weighted by atomic mass is 10.0. The van der Waals surface area contributed by atoms with Crippen molar-refractivity contribution < 1.29 is 14.7 Å². The number of carboxylic acid groups (broad SMARTS) is 1. The van der Waals surface area contributed by atoms with Crippen LogP contribution in [0.5, 0.6) is 0 Å². The summed E-state index contributed by atoms with van der Waals surface area (Å²) < 4.78 is 0. The lowest BCUT2D eigenvalue weighted by Crippen LogP contribution is -2.32. The molecule has 0 aliphatic carbocycles. The van der Waals surface area contributed by atoms with Crippen LogP contribution in [0.15, 0.2) is 24.3 Å². The smallest absolute Gasteiger partial charge is 0.335 e. The Bertz CT molecular complexity index is 465. The Hall–Kier alpha value is -1.84. The van der Waals surface area contributed by atoms with Crippen molar-refractivity contribution in [3.63, 3.8) is 0 Å². The molecule has 1 aromatic carbocycles. The molecule has 1 rings (SSSR count). The van der Waals surface area contributed by atoms with Crippen LogP contribution in [0.3, 0.4) is 0 Å². The lowest BCUT2D eigenvalue weighted by molar-refractivity contribution is -0.121. The fraction of sp³-hybridized carbons (Fsp3) is 0.529. The third kappa shape index (κ3) is 6.93. The zero-order valence-corrected chi connectivity index (χ0v) is 13.1. The molecule has 1 amide bonds. The van der Waals surface area contributed by atoms with E-state index in [-0.39, 0.29) is 17.5 Å². The van der Waals surface area contributed by atoms with E-state index in [0.717, 1.165) is 18.4 Å². The molecule has 0 radical (unpaired) electrons. The second-order valence-electron chi connectivity index (χ2n) is 5.94. The highest BCUT2D eigenvalue weighted by Crippen LogP contribution is 2.09. The summed E-state index contributed by atoms with van der Waals surface area (Å²) in [6.45, 7) is 6.38. The molecule has 0 heterocycles. The second kappa shape index (κ2) is 8.45. The number of carboxylic acids is 1. The van der Waals surface area contributed by atoms with Crippen LogP contribution in [-0.2, 0) is 11.2 Å². The summed E-state index contributed by atoms with van der Waals surface area (Å²) >= 11 is 0. The lowest BCUT2D eigenvalue weighted by Gasteiger charge is -2.15. The van der Waals surface area contributed by atoms with Crippen molar-refractivity contribution in [2.45, 2.75) is 52.5 Å². The van der Waals surface area contributed by atoms with Gasteiger partial charge in [0.15, 0.2) is 0 Å². The van der Waals surface area contributed by atoms with Crippen molar-refractivity contribution in [3.05, 3.63) is 35.4 Å². The van der Waals surface area contributed by atoms with Gasteiger partial charge in [-0.15, -0.1) is 0 Å². The van der Waals surface area contributed by atoms with E-state index in [1.54, 1.807) is 24.3 Å². The average Bonchev–Trinajstić information content (AvgIpc) is 2.43. The predicted molar refractivity (Wildman–Crippen MR) is 83.4 cm³/mol. The minimum Gasteiger partial charge on any atom is -0.478 e. The molecule has 1 atom stereocenters. The largest absolute Gasteiger partial charge is 0.478 e. The summed E-state index contributed by atoms with van der Waals surface area (Å²) in [6, 6.07) is 6.87. The first-order valence-corrected chi connectivity index (χ1v) is 7.50. The zero-order chi connectivity index (χ0) is 15.8. The molecule has 4 nitrogen and oxygen atoms in total. The quantitative estimate of drug-likeness (QED) is 0.772. The molecule has 0 bridgehead atoms. The highest BCUT2D eigenvalue weighted by Gasteiger charge is 2.09. The minimum atomic E-state index is -0.932. The standard InChI is InChI=1S/C17H25NO3/c1-12(2)4-5-13(3)18-16(19)11-8-14-6-9-15(10-7-14)17(20)21/h6-7,9-10,12-13H,4-5,8,11H2,1-3H3,(H,18,19)(H,20,21). The first kappa shape index (κ1) is 17.2. The molecule has 0 aliphatic rings. The van der Waals surface area contributed by atoms with Crippen molar-refractivity contribution in [1.29, 1.82) is 0 Å². The molecule has 0 aliphatic heterocycles. The van der Waals surface area contributed by atoms with Gasteiger partial charge in [-0.3, -0.25) is 4.79 Å². The van der Waals surface area contributed by atoms with Gasteiger partial charge in [0, 0.05) is 12.5 Å². The van der Waals surface area contributed by atoms with Crippen LogP contribution in [0.1, 0.15) is 56.0 Å². The van der Waals surface area contributed by atoms with Crippen LogP contribution in [0.2, 0.25) is 0 Å². The van der Waals surface area contributed by atoms with Gasteiger partial charge < -0.3 is 10.4 Å². The molecular formula is C17H25NO3. The van der Waals surface area contributed by atoms with Crippen molar-refractivity contribution >= 4 is 11.9 Å². The van der Waals surface area contributed by atoms with E-state index in [9.17, 15) is 9.59 Å². The van der Waals surface area contributed by atoms with Gasteiger partial charge in [-0.25, -0.2) is 4.79 Å². The monoisotopic (exact) mass is 291 g/mol. The average molecular weight is 291 g/mol. The van der Waals surface area contributed by atoms with E-state index in [1.807, 2.05) is 6.92 Å². The second-order valence-corrected chi connectivity index (χ2v) is 5.94. The fourth-order valence-corrected chi connectivity index (χ4v) is 2.07. The van der Waals surface area contributed by atoms with Crippen LogP contribution < -0.4 is 5.32 Å². The molecule has 116 valence electrons. The number of hydrogen-bond donors (Lipinski definition) is 2. The first-order chi connectivity index (χ1) is 9.88. The van der Waals surface area contributed by atoms with Gasteiger partial charge in [0.1, 0.15) is 0 Å². The van der Waals surface area contributed by atoms with E-state index in [1.165, 1.54) is 0 Å². The highest BCUT2D eigenvalue weighted by atomic mass is 16.4. The van der Waals surface area contributed by atoms with Crippen LogP contribution in [-0.4, -0.2) is 23.0 Å². The number of hydrogen-bond acceptors (Lipinski definition) is 2. The van der Waals surface area contributed by atoms with Crippen LogP contribution >= 0.6 is 0 Å². The van der Waals surface area contributed by atoms with Gasteiger partial charge in [0.25, 0.3) is 0 Å². The Morgan fingerprint density at radius 2 is 1.71 bits per heavy atom. The zero-order valence-electron chi connectivity index (χ0n) is 13.1. The summed E-state index contributed by atoms with van der Waals surface area (Å²) in [5, 5.41) is 11.8. The molecule has 0 saturated heterocycles. The van der Waals surface area contributed by atoms with Gasteiger partial charge in [-0.2, -0.15) is 0 Å². The molecule has 0 fully saturated rings. The van der Waals surface area contributed by atoms with Crippen LogP contribution in [0, 0.1) is 5.92 Å². The van der Waals surface area contributed by atoms with Crippen molar-refractivity contribution in [3.8, 4) is 0 Å². The van der Waals surface area contributed by atoms with E-state index in [2.05, 4.69) is 19.2 Å². The molecule has 0 spiro atoms. The summed E-state index contributed by atoms with van der Waals surface area (Å²) in [4.78, 5) is 22.6. The van der Waals surface area contributed by atoms with Crippen molar-refractivity contribution in [1.82, 2.24) is 5.32 Å². The Labute approximate surface area is 126 Å². The molecule has 1 unspecified atom stereocenters. The molecule has 0 aromatic heterocycles. The molecule has 21 heavy (non-hydrogen) atoms. The van der Waals surface area contributed by atoms with Crippen LogP contribution in [0.4, 0.5) is 0 Å². The summed E-state index contributed by atoms with van der Waals surface area (Å²) in [7, 11) is 0. The summed E-state index contributed by atoms with van der Waals surface area (Å²) in [6.07, 6.45) is 3.16. The number of rotatable bonds is 8. The number of amides is 1. The molecule has 4 heteroatoms. The van der Waals surface area contributed by atoms with Crippen molar-refractivity contribution in [2.75, 3.05) is 0 Å². The molecule has 2 N–H and O–H groups in total. The third-order valence-electron chi connectivity index (χ3n) is 3.43. The highest BCUT2D eigenvalue weighted by molar-refractivity contribution is 5.87. The number of aryl methyl sites for hydroxylation is 1. The van der Waals surface area contributed by atoms with E-state index < -0.39 is 5.97 Å². The number of benzene rings is 1. The van der Waals surface area contributed by atoms with E-state index >= 15 is 0 Å². The van der Waals surface area contributed by atoms with Crippen LogP contribution in [0.25, 0.3) is 0 Å². The summed E-state index contributed by atoms with van der Waals surface area (Å²) in [5.41, 5.74) is 1.25. The van der Waals surface area contributed by atoms with Crippen molar-refractivity contribution in [2.24, 2.45) is 5.92 Å².